The Bertz CT molecular complexity index is 461. The largest absolute Gasteiger partial charge is 0.497 e. The molecule has 0 saturated heterocycles. The number of thiocarbonyl (C=S) groups is 1. The molecule has 0 aliphatic rings. The van der Waals surface area contributed by atoms with Crippen LogP contribution in [0.1, 0.15) is 18.9 Å². The van der Waals surface area contributed by atoms with Gasteiger partial charge in [0.2, 0.25) is 0 Å². The highest BCUT2D eigenvalue weighted by Crippen LogP contribution is 2.24. The summed E-state index contributed by atoms with van der Waals surface area (Å²) >= 11 is 4.87. The summed E-state index contributed by atoms with van der Waals surface area (Å²) in [7, 11) is 1.50. The molecular formula is C12H15NO4S. The van der Waals surface area contributed by atoms with Crippen molar-refractivity contribution in [3.63, 3.8) is 0 Å². The highest BCUT2D eigenvalue weighted by Gasteiger charge is 2.17. The minimum absolute atomic E-state index is 0.196. The van der Waals surface area contributed by atoms with Crippen LogP contribution < -0.4 is 15.2 Å². The predicted octanol–water partition coefficient (Wildman–Crippen LogP) is 1.57. The van der Waals surface area contributed by atoms with Gasteiger partial charge in [-0.15, -0.1) is 0 Å². The quantitative estimate of drug-likeness (QED) is 0.763. The van der Waals surface area contributed by atoms with E-state index in [-0.39, 0.29) is 4.99 Å². The van der Waals surface area contributed by atoms with Gasteiger partial charge in [-0.2, -0.15) is 0 Å². The van der Waals surface area contributed by atoms with Crippen LogP contribution in [0.3, 0.4) is 0 Å². The maximum atomic E-state index is 10.9. The minimum Gasteiger partial charge on any atom is -0.497 e. The molecule has 6 heteroatoms. The maximum absolute atomic E-state index is 10.9. The third-order valence-electron chi connectivity index (χ3n) is 2.32. The average molecular weight is 269 g/mol. The van der Waals surface area contributed by atoms with Crippen molar-refractivity contribution in [2.24, 2.45) is 5.73 Å². The molecule has 18 heavy (non-hydrogen) atoms. The zero-order valence-electron chi connectivity index (χ0n) is 10.2. The molecule has 0 spiro atoms. The van der Waals surface area contributed by atoms with Gasteiger partial charge in [-0.1, -0.05) is 19.1 Å². The summed E-state index contributed by atoms with van der Waals surface area (Å²) < 4.78 is 10.4. The van der Waals surface area contributed by atoms with Crippen LogP contribution in [-0.4, -0.2) is 29.3 Å². The lowest BCUT2D eigenvalue weighted by molar-refractivity contribution is -0.145. The van der Waals surface area contributed by atoms with Gasteiger partial charge in [-0.25, -0.2) is 4.79 Å². The Hall–Kier alpha value is -1.82. The molecule has 1 aromatic carbocycles. The Labute approximate surface area is 111 Å². The summed E-state index contributed by atoms with van der Waals surface area (Å²) in [5.41, 5.74) is 6.10. The fourth-order valence-electron chi connectivity index (χ4n) is 1.37. The van der Waals surface area contributed by atoms with Gasteiger partial charge in [0, 0.05) is 11.6 Å². The van der Waals surface area contributed by atoms with E-state index in [1.165, 1.54) is 7.11 Å². The summed E-state index contributed by atoms with van der Waals surface area (Å²) in [5, 5.41) is 8.93. The van der Waals surface area contributed by atoms with E-state index in [4.69, 9.17) is 32.5 Å². The van der Waals surface area contributed by atoms with Gasteiger partial charge in [0.25, 0.3) is 0 Å². The van der Waals surface area contributed by atoms with Crippen LogP contribution in [0.15, 0.2) is 18.2 Å². The molecule has 1 rings (SSSR count). The predicted molar refractivity (Wildman–Crippen MR) is 71.2 cm³/mol. The van der Waals surface area contributed by atoms with Crippen LogP contribution in [0.25, 0.3) is 0 Å². The van der Waals surface area contributed by atoms with Crippen molar-refractivity contribution in [3.8, 4) is 11.5 Å². The standard InChI is InChI=1S/C12H15NO4S/c1-3-10(12(14)15)17-9-5-7(11(13)18)4-8(6-9)16-2/h4-6,10H,3H2,1-2H3,(H2,13,18)(H,14,15). The first-order valence-corrected chi connectivity index (χ1v) is 5.77. The van der Waals surface area contributed by atoms with Gasteiger partial charge in [0.15, 0.2) is 6.10 Å². The molecule has 3 N–H and O–H groups in total. The number of carbonyl (C=O) groups is 1. The van der Waals surface area contributed by atoms with E-state index in [0.717, 1.165) is 0 Å². The zero-order chi connectivity index (χ0) is 13.7. The Morgan fingerprint density at radius 1 is 1.44 bits per heavy atom. The van der Waals surface area contributed by atoms with Gasteiger partial charge in [0.05, 0.1) is 7.11 Å². The SMILES string of the molecule is CCC(Oc1cc(OC)cc(C(N)=S)c1)C(=O)O. The van der Waals surface area contributed by atoms with E-state index in [1.54, 1.807) is 25.1 Å². The first-order chi connectivity index (χ1) is 8.47. The zero-order valence-corrected chi connectivity index (χ0v) is 11.0. The number of hydrogen-bond acceptors (Lipinski definition) is 4. The molecule has 1 atom stereocenters. The molecule has 0 bridgehead atoms. The monoisotopic (exact) mass is 269 g/mol. The van der Waals surface area contributed by atoms with Gasteiger partial charge >= 0.3 is 5.97 Å². The van der Waals surface area contributed by atoms with E-state index in [9.17, 15) is 4.79 Å². The fraction of sp³-hybridized carbons (Fsp3) is 0.333. The molecule has 0 aromatic heterocycles. The van der Waals surface area contributed by atoms with E-state index in [2.05, 4.69) is 0 Å². The lowest BCUT2D eigenvalue weighted by Gasteiger charge is -2.15. The van der Waals surface area contributed by atoms with Crippen molar-refractivity contribution in [2.75, 3.05) is 7.11 Å². The summed E-state index contributed by atoms with van der Waals surface area (Å²) in [5.74, 6) is -0.140. The molecule has 0 aliphatic carbocycles. The van der Waals surface area contributed by atoms with Gasteiger partial charge in [-0.05, 0) is 18.6 Å². The number of methoxy groups -OCH3 is 1. The first kappa shape index (κ1) is 14.2. The molecule has 1 unspecified atom stereocenters. The van der Waals surface area contributed by atoms with Crippen LogP contribution in [-0.2, 0) is 4.79 Å². The Morgan fingerprint density at radius 3 is 2.50 bits per heavy atom. The minimum atomic E-state index is -1.02. The molecular weight excluding hydrogens is 254 g/mol. The smallest absolute Gasteiger partial charge is 0.344 e. The highest BCUT2D eigenvalue weighted by molar-refractivity contribution is 7.80. The number of aliphatic carboxylic acids is 1. The molecule has 0 aliphatic heterocycles. The van der Waals surface area contributed by atoms with E-state index in [0.29, 0.717) is 23.5 Å². The maximum Gasteiger partial charge on any atom is 0.344 e. The van der Waals surface area contributed by atoms with Gasteiger partial charge < -0.3 is 20.3 Å². The van der Waals surface area contributed by atoms with Crippen LogP contribution in [0.2, 0.25) is 0 Å². The third kappa shape index (κ3) is 3.59. The molecule has 0 heterocycles. The molecule has 0 saturated carbocycles. The number of benzene rings is 1. The first-order valence-electron chi connectivity index (χ1n) is 5.36. The highest BCUT2D eigenvalue weighted by atomic mass is 32.1. The molecule has 5 nitrogen and oxygen atoms in total. The van der Waals surface area contributed by atoms with Crippen molar-refractivity contribution in [2.45, 2.75) is 19.4 Å². The Kier molecular flexibility index (Phi) is 4.91. The van der Waals surface area contributed by atoms with Crippen molar-refractivity contribution in [1.29, 1.82) is 0 Å². The van der Waals surface area contributed by atoms with Crippen molar-refractivity contribution in [3.05, 3.63) is 23.8 Å². The van der Waals surface area contributed by atoms with Crippen LogP contribution in [0, 0.1) is 0 Å². The molecule has 0 amide bonds. The van der Waals surface area contributed by atoms with E-state index in [1.807, 2.05) is 0 Å². The van der Waals surface area contributed by atoms with Gasteiger partial charge in [-0.3, -0.25) is 0 Å². The van der Waals surface area contributed by atoms with E-state index >= 15 is 0 Å². The Morgan fingerprint density at radius 2 is 2.06 bits per heavy atom. The number of ether oxygens (including phenoxy) is 2. The second-order valence-electron chi connectivity index (χ2n) is 3.61. The lowest BCUT2D eigenvalue weighted by Crippen LogP contribution is -2.26. The van der Waals surface area contributed by atoms with E-state index < -0.39 is 12.1 Å². The van der Waals surface area contributed by atoms with Crippen LogP contribution in [0.5, 0.6) is 11.5 Å². The van der Waals surface area contributed by atoms with Crippen LogP contribution >= 0.6 is 12.2 Å². The van der Waals surface area contributed by atoms with Gasteiger partial charge in [0.1, 0.15) is 16.5 Å². The Balaban J connectivity index is 3.04. The van der Waals surface area contributed by atoms with Crippen molar-refractivity contribution < 1.29 is 19.4 Å². The number of rotatable bonds is 6. The second kappa shape index (κ2) is 6.20. The number of nitrogens with two attached hydrogens (primary N) is 1. The average Bonchev–Trinajstić information content (AvgIpc) is 2.34. The summed E-state index contributed by atoms with van der Waals surface area (Å²) in [6.45, 7) is 1.73. The molecule has 1 aromatic rings. The molecule has 98 valence electrons. The number of carboxylic acids is 1. The summed E-state index contributed by atoms with van der Waals surface area (Å²) in [4.78, 5) is 11.1. The molecule has 0 fully saturated rings. The summed E-state index contributed by atoms with van der Waals surface area (Å²) in [6.07, 6.45) is -0.550. The normalized spacial score (nSPS) is 11.7. The number of hydrogen-bond donors (Lipinski definition) is 2. The van der Waals surface area contributed by atoms with Crippen molar-refractivity contribution >= 4 is 23.2 Å². The van der Waals surface area contributed by atoms with Crippen LogP contribution in [0.4, 0.5) is 0 Å². The number of carboxylic acid groups (broad SMARTS) is 1. The van der Waals surface area contributed by atoms with Crippen molar-refractivity contribution in [1.82, 2.24) is 0 Å². The molecule has 0 radical (unpaired) electrons. The lowest BCUT2D eigenvalue weighted by atomic mass is 10.2. The summed E-state index contributed by atoms with van der Waals surface area (Å²) in [6, 6.07) is 4.85. The topological polar surface area (TPSA) is 81.8 Å². The second-order valence-corrected chi connectivity index (χ2v) is 4.05. The third-order valence-corrected chi connectivity index (χ3v) is 2.56. The fourth-order valence-corrected chi connectivity index (χ4v) is 1.49.